The molecule has 2 aliphatic heterocycles. The summed E-state index contributed by atoms with van der Waals surface area (Å²) >= 11 is 0. The molecule has 0 aromatic carbocycles. The lowest BCUT2D eigenvalue weighted by Gasteiger charge is -2.42. The van der Waals surface area contributed by atoms with Crippen molar-refractivity contribution in [2.45, 2.75) is 51.4 Å². The van der Waals surface area contributed by atoms with E-state index in [4.69, 9.17) is 9.47 Å². The molecule has 0 radical (unpaired) electrons. The van der Waals surface area contributed by atoms with Crippen LogP contribution in [0.2, 0.25) is 0 Å². The smallest absolute Gasteiger partial charge is 0.0843 e. The molecule has 12 heavy (non-hydrogen) atoms. The highest BCUT2D eigenvalue weighted by Crippen LogP contribution is 2.34. The SMILES string of the molecule is CC(C)OC1CC2CCC1OC2. The Balaban J connectivity index is 1.91. The molecule has 0 spiro atoms. The fraction of sp³-hybridized carbons (Fsp3) is 1.00. The summed E-state index contributed by atoms with van der Waals surface area (Å²) in [6.45, 7) is 5.17. The second-order valence-corrected chi connectivity index (χ2v) is 4.27. The third-order valence-electron chi connectivity index (χ3n) is 2.83. The van der Waals surface area contributed by atoms with Crippen LogP contribution < -0.4 is 0 Å². The molecule has 70 valence electrons. The standard InChI is InChI=1S/C10H18O2/c1-7(2)12-10-5-8-3-4-9(10)11-6-8/h7-10H,3-6H2,1-2H3. The Kier molecular flexibility index (Phi) is 2.37. The van der Waals surface area contributed by atoms with Gasteiger partial charge in [-0.3, -0.25) is 0 Å². The normalized spacial score (nSPS) is 40.8. The molecule has 3 unspecified atom stereocenters. The van der Waals surface area contributed by atoms with Crippen LogP contribution in [-0.2, 0) is 9.47 Å². The van der Waals surface area contributed by atoms with Gasteiger partial charge in [-0.2, -0.15) is 0 Å². The average Bonchev–Trinajstić information content (AvgIpc) is 2.05. The predicted octanol–water partition coefficient (Wildman–Crippen LogP) is 1.98. The first-order valence-corrected chi connectivity index (χ1v) is 5.03. The van der Waals surface area contributed by atoms with Gasteiger partial charge in [0, 0.05) is 6.61 Å². The average molecular weight is 170 g/mol. The maximum absolute atomic E-state index is 5.80. The number of fused-ring (bicyclic) bond motifs is 3. The minimum atomic E-state index is 0.345. The third-order valence-corrected chi connectivity index (χ3v) is 2.83. The van der Waals surface area contributed by atoms with Crippen molar-refractivity contribution in [1.82, 2.24) is 0 Å². The van der Waals surface area contributed by atoms with Gasteiger partial charge in [0.25, 0.3) is 0 Å². The Bertz CT molecular complexity index is 146. The molecule has 3 rings (SSSR count). The van der Waals surface area contributed by atoms with Gasteiger partial charge >= 0.3 is 0 Å². The van der Waals surface area contributed by atoms with Crippen LogP contribution in [0.5, 0.6) is 0 Å². The number of hydrogen-bond donors (Lipinski definition) is 0. The van der Waals surface area contributed by atoms with E-state index in [1.54, 1.807) is 0 Å². The number of ether oxygens (including phenoxy) is 2. The third kappa shape index (κ3) is 1.64. The van der Waals surface area contributed by atoms with Gasteiger partial charge in [0.15, 0.2) is 0 Å². The van der Waals surface area contributed by atoms with E-state index in [0.29, 0.717) is 18.3 Å². The second-order valence-electron chi connectivity index (χ2n) is 4.27. The van der Waals surface area contributed by atoms with Crippen molar-refractivity contribution in [3.63, 3.8) is 0 Å². The highest BCUT2D eigenvalue weighted by Gasteiger charge is 2.37. The molecule has 1 saturated carbocycles. The first-order chi connectivity index (χ1) is 5.75. The Morgan fingerprint density at radius 1 is 1.33 bits per heavy atom. The fourth-order valence-corrected chi connectivity index (χ4v) is 2.28. The van der Waals surface area contributed by atoms with Crippen LogP contribution >= 0.6 is 0 Å². The van der Waals surface area contributed by atoms with Crippen molar-refractivity contribution in [2.24, 2.45) is 5.92 Å². The van der Waals surface area contributed by atoms with Gasteiger partial charge in [0.2, 0.25) is 0 Å². The Morgan fingerprint density at radius 3 is 2.58 bits per heavy atom. The van der Waals surface area contributed by atoms with E-state index in [-0.39, 0.29) is 0 Å². The van der Waals surface area contributed by atoms with Gasteiger partial charge in [0.05, 0.1) is 18.3 Å². The molecular formula is C10H18O2. The van der Waals surface area contributed by atoms with Crippen molar-refractivity contribution in [3.05, 3.63) is 0 Å². The van der Waals surface area contributed by atoms with Crippen LogP contribution in [0.4, 0.5) is 0 Å². The molecule has 0 N–H and O–H groups in total. The van der Waals surface area contributed by atoms with E-state index in [0.717, 1.165) is 12.5 Å². The van der Waals surface area contributed by atoms with Gasteiger partial charge in [-0.05, 0) is 39.0 Å². The molecule has 0 aromatic heterocycles. The topological polar surface area (TPSA) is 18.5 Å². The van der Waals surface area contributed by atoms with Gasteiger partial charge in [-0.1, -0.05) is 0 Å². The lowest BCUT2D eigenvalue weighted by atomic mass is 9.83. The highest BCUT2D eigenvalue weighted by molar-refractivity contribution is 4.86. The molecule has 2 heterocycles. The van der Waals surface area contributed by atoms with Gasteiger partial charge in [-0.15, -0.1) is 0 Å². The summed E-state index contributed by atoms with van der Waals surface area (Å²) in [5, 5.41) is 0. The molecule has 3 atom stereocenters. The Morgan fingerprint density at radius 2 is 2.17 bits per heavy atom. The highest BCUT2D eigenvalue weighted by atomic mass is 16.5. The zero-order valence-corrected chi connectivity index (χ0v) is 7.95. The van der Waals surface area contributed by atoms with Crippen LogP contribution in [0.15, 0.2) is 0 Å². The molecule has 2 nitrogen and oxygen atoms in total. The van der Waals surface area contributed by atoms with Crippen LogP contribution in [0.3, 0.4) is 0 Å². The summed E-state index contributed by atoms with van der Waals surface area (Å²) in [7, 11) is 0. The molecule has 2 bridgehead atoms. The quantitative estimate of drug-likeness (QED) is 0.631. The summed E-state index contributed by atoms with van der Waals surface area (Å²) < 4.78 is 11.5. The summed E-state index contributed by atoms with van der Waals surface area (Å²) in [6, 6.07) is 0. The van der Waals surface area contributed by atoms with E-state index in [1.807, 2.05) is 0 Å². The van der Waals surface area contributed by atoms with Crippen LogP contribution in [0.25, 0.3) is 0 Å². The molecule has 2 saturated heterocycles. The molecule has 0 aromatic rings. The van der Waals surface area contributed by atoms with Crippen molar-refractivity contribution >= 4 is 0 Å². The van der Waals surface area contributed by atoms with E-state index >= 15 is 0 Å². The van der Waals surface area contributed by atoms with Crippen LogP contribution in [-0.4, -0.2) is 24.9 Å². The van der Waals surface area contributed by atoms with Crippen LogP contribution in [0, 0.1) is 5.92 Å². The van der Waals surface area contributed by atoms with Crippen molar-refractivity contribution in [1.29, 1.82) is 0 Å². The van der Waals surface area contributed by atoms with Gasteiger partial charge < -0.3 is 9.47 Å². The maximum atomic E-state index is 5.80. The van der Waals surface area contributed by atoms with Gasteiger partial charge in [0.1, 0.15) is 0 Å². The Hall–Kier alpha value is -0.0800. The van der Waals surface area contributed by atoms with E-state index in [2.05, 4.69) is 13.8 Å². The first kappa shape index (κ1) is 8.52. The van der Waals surface area contributed by atoms with E-state index in [9.17, 15) is 0 Å². The van der Waals surface area contributed by atoms with E-state index in [1.165, 1.54) is 19.3 Å². The summed E-state index contributed by atoms with van der Waals surface area (Å²) in [6.07, 6.45) is 4.92. The molecule has 3 fully saturated rings. The molecular weight excluding hydrogens is 152 g/mol. The zero-order chi connectivity index (χ0) is 8.55. The lowest BCUT2D eigenvalue weighted by Crippen LogP contribution is -2.46. The minimum absolute atomic E-state index is 0.345. The molecule has 3 aliphatic rings. The van der Waals surface area contributed by atoms with Gasteiger partial charge in [-0.25, -0.2) is 0 Å². The fourth-order valence-electron chi connectivity index (χ4n) is 2.28. The van der Waals surface area contributed by atoms with Crippen LogP contribution in [0.1, 0.15) is 33.1 Å². The minimum Gasteiger partial charge on any atom is -0.375 e. The summed E-state index contributed by atoms with van der Waals surface area (Å²) in [5.74, 6) is 0.777. The number of rotatable bonds is 2. The van der Waals surface area contributed by atoms with Crippen molar-refractivity contribution in [2.75, 3.05) is 6.61 Å². The monoisotopic (exact) mass is 170 g/mol. The maximum Gasteiger partial charge on any atom is 0.0843 e. The Labute approximate surface area is 74.2 Å². The van der Waals surface area contributed by atoms with E-state index < -0.39 is 0 Å². The first-order valence-electron chi connectivity index (χ1n) is 5.03. The molecule has 0 amide bonds. The zero-order valence-electron chi connectivity index (χ0n) is 7.95. The van der Waals surface area contributed by atoms with Crippen molar-refractivity contribution in [3.8, 4) is 0 Å². The largest absolute Gasteiger partial charge is 0.375 e. The summed E-state index contributed by atoms with van der Waals surface area (Å²) in [4.78, 5) is 0. The lowest BCUT2D eigenvalue weighted by molar-refractivity contribution is -0.168. The molecule has 2 heteroatoms. The van der Waals surface area contributed by atoms with Crippen molar-refractivity contribution < 1.29 is 9.47 Å². The predicted molar refractivity (Wildman–Crippen MR) is 47.1 cm³/mol. The molecule has 1 aliphatic carbocycles. The number of hydrogen-bond acceptors (Lipinski definition) is 2. The summed E-state index contributed by atoms with van der Waals surface area (Å²) in [5.41, 5.74) is 0. The second kappa shape index (κ2) is 3.35.